The van der Waals surface area contributed by atoms with Crippen LogP contribution in [0.3, 0.4) is 0 Å². The van der Waals surface area contributed by atoms with Gasteiger partial charge < -0.3 is 10.5 Å². The number of benzene rings is 2. The number of carbonyl (C=O) groups is 1. The van der Waals surface area contributed by atoms with Gasteiger partial charge in [-0.25, -0.2) is 4.79 Å². The molecule has 0 radical (unpaired) electrons. The van der Waals surface area contributed by atoms with E-state index in [-0.39, 0.29) is 34.0 Å². The lowest BCUT2D eigenvalue weighted by Gasteiger charge is -2.12. The maximum atomic E-state index is 13.2. The van der Waals surface area contributed by atoms with Crippen molar-refractivity contribution in [3.8, 4) is 21.6 Å². The quantitative estimate of drug-likeness (QED) is 0.311. The van der Waals surface area contributed by atoms with E-state index >= 15 is 0 Å². The Hall–Kier alpha value is -3.40. The second-order valence-corrected chi connectivity index (χ2v) is 7.20. The van der Waals surface area contributed by atoms with Gasteiger partial charge in [0, 0.05) is 22.6 Å². The van der Waals surface area contributed by atoms with Gasteiger partial charge in [-0.15, -0.1) is 11.3 Å². The first-order valence-corrected chi connectivity index (χ1v) is 9.47. The third kappa shape index (κ3) is 4.13. The van der Waals surface area contributed by atoms with E-state index in [1.54, 1.807) is 6.92 Å². The molecule has 3 rings (SSSR count). The Bertz CT molecular complexity index is 1110. The molecule has 2 N–H and O–H groups in total. The zero-order chi connectivity index (χ0) is 22.1. The number of carbonyl (C=O) groups excluding carboxylic acids is 1. The van der Waals surface area contributed by atoms with E-state index in [1.165, 1.54) is 36.4 Å². The molecule has 0 saturated carbocycles. The number of hydrogen-bond acceptors (Lipinski definition) is 6. The Kier molecular flexibility index (Phi) is 5.79. The summed E-state index contributed by atoms with van der Waals surface area (Å²) >= 11 is 0.997. The zero-order valence-corrected chi connectivity index (χ0v) is 16.3. The topological polar surface area (TPSA) is 95.5 Å². The molecule has 0 aliphatic rings. The summed E-state index contributed by atoms with van der Waals surface area (Å²) in [6.07, 6.45) is -4.57. The Morgan fingerprint density at radius 1 is 1.17 bits per heavy atom. The molecule has 0 aliphatic carbocycles. The van der Waals surface area contributed by atoms with E-state index in [1.807, 2.05) is 0 Å². The molecule has 0 spiro atoms. The lowest BCUT2D eigenvalue weighted by Crippen LogP contribution is -2.08. The predicted molar refractivity (Wildman–Crippen MR) is 107 cm³/mol. The van der Waals surface area contributed by atoms with Crippen LogP contribution in [0.25, 0.3) is 21.6 Å². The van der Waals surface area contributed by atoms with Crippen LogP contribution in [0.5, 0.6) is 0 Å². The number of rotatable bonds is 5. The molecule has 0 atom stereocenters. The van der Waals surface area contributed by atoms with Crippen LogP contribution >= 0.6 is 11.3 Å². The molecule has 3 aromatic rings. The van der Waals surface area contributed by atoms with Gasteiger partial charge in [-0.05, 0) is 42.3 Å². The maximum Gasteiger partial charge on any atom is 0.416 e. The molecule has 1 aromatic heterocycles. The number of nitrogens with zero attached hydrogens (tertiary/aromatic N) is 1. The number of hydrogen-bond donors (Lipinski definition) is 1. The largest absolute Gasteiger partial charge is 0.462 e. The van der Waals surface area contributed by atoms with Crippen LogP contribution in [0.2, 0.25) is 0 Å². The van der Waals surface area contributed by atoms with Crippen molar-refractivity contribution in [2.24, 2.45) is 0 Å². The maximum absolute atomic E-state index is 13.2. The summed E-state index contributed by atoms with van der Waals surface area (Å²) in [7, 11) is 0. The molecular weight excluding hydrogens is 421 g/mol. The van der Waals surface area contributed by atoms with Gasteiger partial charge in [0.1, 0.15) is 10.6 Å². The summed E-state index contributed by atoms with van der Waals surface area (Å²) in [6.45, 7) is 1.66. The first-order valence-electron chi connectivity index (χ1n) is 8.65. The highest BCUT2D eigenvalue weighted by Crippen LogP contribution is 2.46. The number of ether oxygens (including phenoxy) is 1. The van der Waals surface area contributed by atoms with Crippen molar-refractivity contribution >= 4 is 28.0 Å². The molecule has 0 aliphatic heterocycles. The molecule has 0 saturated heterocycles. The second-order valence-electron chi connectivity index (χ2n) is 6.15. The summed E-state index contributed by atoms with van der Waals surface area (Å²) in [4.78, 5) is 23.3. The monoisotopic (exact) mass is 436 g/mol. The second kappa shape index (κ2) is 8.15. The molecular formula is C20H15F3N2O4S. The average molecular weight is 436 g/mol. The van der Waals surface area contributed by atoms with Crippen molar-refractivity contribution in [2.75, 3.05) is 12.3 Å². The van der Waals surface area contributed by atoms with Crippen LogP contribution in [-0.4, -0.2) is 17.5 Å². The smallest absolute Gasteiger partial charge is 0.416 e. The van der Waals surface area contributed by atoms with Crippen LogP contribution in [0.1, 0.15) is 22.8 Å². The van der Waals surface area contributed by atoms with Crippen molar-refractivity contribution in [1.82, 2.24) is 0 Å². The number of nitro groups is 1. The minimum absolute atomic E-state index is 0.0328. The van der Waals surface area contributed by atoms with Crippen LogP contribution < -0.4 is 5.73 Å². The van der Waals surface area contributed by atoms with Crippen molar-refractivity contribution in [2.45, 2.75) is 13.1 Å². The molecule has 0 unspecified atom stereocenters. The van der Waals surface area contributed by atoms with Crippen LogP contribution in [0, 0.1) is 10.1 Å². The SMILES string of the molecule is CCOC(=O)c1c(N)sc(-c2ccc([N+](=O)[O-])cc2)c1-c1cccc(C(F)(F)F)c1. The van der Waals surface area contributed by atoms with Gasteiger partial charge in [-0.3, -0.25) is 10.1 Å². The van der Waals surface area contributed by atoms with Crippen LogP contribution in [-0.2, 0) is 10.9 Å². The Morgan fingerprint density at radius 2 is 1.83 bits per heavy atom. The van der Waals surface area contributed by atoms with Gasteiger partial charge in [0.05, 0.1) is 17.1 Å². The van der Waals surface area contributed by atoms with Gasteiger partial charge in [-0.2, -0.15) is 13.2 Å². The fourth-order valence-corrected chi connectivity index (χ4v) is 4.00. The number of halogens is 3. The lowest BCUT2D eigenvalue weighted by molar-refractivity contribution is -0.384. The van der Waals surface area contributed by atoms with Crippen LogP contribution in [0.4, 0.5) is 23.9 Å². The number of nitrogens with two attached hydrogens (primary N) is 1. The molecule has 30 heavy (non-hydrogen) atoms. The first kappa shape index (κ1) is 21.3. The molecule has 2 aromatic carbocycles. The zero-order valence-electron chi connectivity index (χ0n) is 15.5. The third-order valence-corrected chi connectivity index (χ3v) is 5.30. The number of esters is 1. The first-order chi connectivity index (χ1) is 14.1. The van der Waals surface area contributed by atoms with E-state index in [9.17, 15) is 28.1 Å². The summed E-state index contributed by atoms with van der Waals surface area (Å²) in [5.74, 6) is -0.758. The normalized spacial score (nSPS) is 11.3. The number of nitro benzene ring substituents is 1. The summed E-state index contributed by atoms with van der Waals surface area (Å²) < 4.78 is 44.7. The third-order valence-electron chi connectivity index (χ3n) is 4.23. The highest BCUT2D eigenvalue weighted by Gasteiger charge is 2.32. The average Bonchev–Trinajstić information content (AvgIpc) is 3.05. The number of anilines is 1. The fraction of sp³-hybridized carbons (Fsp3) is 0.150. The Morgan fingerprint density at radius 3 is 2.40 bits per heavy atom. The van der Waals surface area contributed by atoms with Crippen molar-refractivity contribution in [1.29, 1.82) is 0 Å². The van der Waals surface area contributed by atoms with Crippen molar-refractivity contribution in [3.05, 3.63) is 69.8 Å². The highest BCUT2D eigenvalue weighted by molar-refractivity contribution is 7.20. The lowest BCUT2D eigenvalue weighted by atomic mass is 9.96. The van der Waals surface area contributed by atoms with Crippen LogP contribution in [0.15, 0.2) is 48.5 Å². The van der Waals surface area contributed by atoms with Gasteiger partial charge in [0.2, 0.25) is 0 Å². The summed E-state index contributed by atoms with van der Waals surface area (Å²) in [5, 5.41) is 11.0. The van der Waals surface area contributed by atoms with Crippen molar-refractivity contribution < 1.29 is 27.6 Å². The minimum atomic E-state index is -4.57. The molecule has 0 fully saturated rings. The van der Waals surface area contributed by atoms with E-state index in [0.29, 0.717) is 10.4 Å². The number of non-ortho nitro benzene ring substituents is 1. The van der Waals surface area contributed by atoms with E-state index in [2.05, 4.69) is 0 Å². The molecule has 6 nitrogen and oxygen atoms in total. The number of alkyl halides is 3. The van der Waals surface area contributed by atoms with Gasteiger partial charge >= 0.3 is 12.1 Å². The molecule has 1 heterocycles. The standard InChI is InChI=1S/C20H15F3N2O4S/c1-2-29-19(26)16-15(12-4-3-5-13(10-12)20(21,22)23)17(30-18(16)24)11-6-8-14(9-7-11)25(27)28/h3-10H,2,24H2,1H3. The van der Waals surface area contributed by atoms with E-state index in [0.717, 1.165) is 23.5 Å². The molecule has 156 valence electrons. The van der Waals surface area contributed by atoms with Gasteiger partial charge in [-0.1, -0.05) is 12.1 Å². The van der Waals surface area contributed by atoms with Crippen molar-refractivity contribution in [3.63, 3.8) is 0 Å². The van der Waals surface area contributed by atoms with E-state index < -0.39 is 22.6 Å². The predicted octanol–water partition coefficient (Wildman–Crippen LogP) is 5.77. The van der Waals surface area contributed by atoms with Gasteiger partial charge in [0.25, 0.3) is 5.69 Å². The number of nitrogen functional groups attached to an aromatic ring is 1. The molecule has 10 heteroatoms. The van der Waals surface area contributed by atoms with Gasteiger partial charge in [0.15, 0.2) is 0 Å². The highest BCUT2D eigenvalue weighted by atomic mass is 32.1. The number of thiophene rings is 1. The minimum Gasteiger partial charge on any atom is -0.462 e. The fourth-order valence-electron chi connectivity index (χ4n) is 2.92. The summed E-state index contributed by atoms with van der Waals surface area (Å²) in [5.41, 5.74) is 5.78. The van der Waals surface area contributed by atoms with E-state index in [4.69, 9.17) is 10.5 Å². The Balaban J connectivity index is 2.26. The summed E-state index contributed by atoms with van der Waals surface area (Å²) in [6, 6.07) is 9.98. The Labute approximate surface area is 172 Å². The molecule has 0 amide bonds. The molecule has 0 bridgehead atoms.